The highest BCUT2D eigenvalue weighted by molar-refractivity contribution is 7.93. The molecule has 0 radical (unpaired) electrons. The lowest BCUT2D eigenvalue weighted by Crippen LogP contribution is -2.14. The molecule has 0 aliphatic heterocycles. The quantitative estimate of drug-likeness (QED) is 0.639. The number of nitrogens with one attached hydrogen (secondary N) is 1. The minimum Gasteiger partial charge on any atom is -0.492 e. The van der Waals surface area contributed by atoms with Crippen molar-refractivity contribution in [3.8, 4) is 5.75 Å². The number of sulfonamides is 1. The van der Waals surface area contributed by atoms with Crippen LogP contribution in [0.4, 0.5) is 5.13 Å². The van der Waals surface area contributed by atoms with Crippen molar-refractivity contribution in [2.45, 2.75) is 18.2 Å². The predicted molar refractivity (Wildman–Crippen MR) is 103 cm³/mol. The lowest BCUT2D eigenvalue weighted by molar-refractivity contribution is 0.319. The molecule has 0 amide bonds. The van der Waals surface area contributed by atoms with Crippen molar-refractivity contribution in [3.05, 3.63) is 64.4 Å². The van der Waals surface area contributed by atoms with Crippen LogP contribution in [0.1, 0.15) is 11.3 Å². The first-order valence-corrected chi connectivity index (χ1v) is 10.4. The van der Waals surface area contributed by atoms with Crippen LogP contribution in [0, 0.1) is 6.92 Å². The summed E-state index contributed by atoms with van der Waals surface area (Å²) in [5.41, 5.74) is 1.25. The Morgan fingerprint density at radius 3 is 2.88 bits per heavy atom. The van der Waals surface area contributed by atoms with E-state index in [1.807, 2.05) is 6.07 Å². The molecule has 0 atom stereocenters. The van der Waals surface area contributed by atoms with E-state index in [-0.39, 0.29) is 4.90 Å². The second-order valence-electron chi connectivity index (χ2n) is 5.40. The van der Waals surface area contributed by atoms with Crippen molar-refractivity contribution in [1.82, 2.24) is 9.97 Å². The van der Waals surface area contributed by atoms with Crippen molar-refractivity contribution < 1.29 is 13.2 Å². The Hall–Kier alpha value is -2.16. The van der Waals surface area contributed by atoms with Gasteiger partial charge in [-0.1, -0.05) is 17.7 Å². The van der Waals surface area contributed by atoms with Crippen LogP contribution in [-0.2, 0) is 16.4 Å². The number of nitrogens with zero attached hydrogens (tertiary/aromatic N) is 2. The molecule has 26 heavy (non-hydrogen) atoms. The summed E-state index contributed by atoms with van der Waals surface area (Å²) < 4.78 is 33.2. The number of benzene rings is 1. The highest BCUT2D eigenvalue weighted by Gasteiger charge is 2.19. The zero-order valence-corrected chi connectivity index (χ0v) is 16.2. The van der Waals surface area contributed by atoms with Gasteiger partial charge in [-0.05, 0) is 36.8 Å². The highest BCUT2D eigenvalue weighted by Crippen LogP contribution is 2.26. The lowest BCUT2D eigenvalue weighted by atomic mass is 10.2. The van der Waals surface area contributed by atoms with Gasteiger partial charge in [0.1, 0.15) is 5.75 Å². The molecule has 1 N–H and O–H groups in total. The number of anilines is 1. The average molecular weight is 410 g/mol. The van der Waals surface area contributed by atoms with Crippen LogP contribution in [0.3, 0.4) is 0 Å². The molecule has 6 nitrogen and oxygen atoms in total. The molecule has 0 aliphatic carbocycles. The maximum absolute atomic E-state index is 12.5. The summed E-state index contributed by atoms with van der Waals surface area (Å²) in [6.45, 7) is 2.09. The summed E-state index contributed by atoms with van der Waals surface area (Å²) in [6, 6.07) is 8.39. The monoisotopic (exact) mass is 409 g/mol. The zero-order valence-electron chi connectivity index (χ0n) is 13.8. The van der Waals surface area contributed by atoms with E-state index >= 15 is 0 Å². The number of halogens is 1. The second-order valence-corrected chi connectivity index (χ2v) is 8.32. The molecule has 0 saturated carbocycles. The number of pyridine rings is 1. The van der Waals surface area contributed by atoms with Gasteiger partial charge in [0, 0.05) is 23.0 Å². The van der Waals surface area contributed by atoms with Gasteiger partial charge in [0.25, 0.3) is 10.0 Å². The number of rotatable bonds is 7. The number of hydrogen-bond acceptors (Lipinski definition) is 6. The van der Waals surface area contributed by atoms with Gasteiger partial charge in [-0.3, -0.25) is 9.71 Å². The highest BCUT2D eigenvalue weighted by atomic mass is 35.5. The fourth-order valence-corrected chi connectivity index (χ4v) is 4.72. The summed E-state index contributed by atoms with van der Waals surface area (Å²) in [6.07, 6.45) is 3.87. The largest absolute Gasteiger partial charge is 0.492 e. The summed E-state index contributed by atoms with van der Waals surface area (Å²) in [4.78, 5) is 8.42. The van der Waals surface area contributed by atoms with Crippen LogP contribution < -0.4 is 9.46 Å². The Labute approximate surface area is 160 Å². The molecule has 1 aromatic carbocycles. The Morgan fingerprint density at radius 1 is 1.27 bits per heavy atom. The fourth-order valence-electron chi connectivity index (χ4n) is 2.22. The van der Waals surface area contributed by atoms with E-state index in [4.69, 9.17) is 16.3 Å². The van der Waals surface area contributed by atoms with E-state index in [1.54, 1.807) is 42.9 Å². The second kappa shape index (κ2) is 8.03. The third-order valence-electron chi connectivity index (χ3n) is 3.54. The molecule has 0 saturated heterocycles. The van der Waals surface area contributed by atoms with E-state index in [1.165, 1.54) is 17.4 Å². The van der Waals surface area contributed by atoms with Crippen LogP contribution in [0.15, 0.2) is 53.0 Å². The molecule has 2 aromatic heterocycles. The Bertz CT molecular complexity index is 991. The van der Waals surface area contributed by atoms with Gasteiger partial charge in [0.15, 0.2) is 5.13 Å². The maximum Gasteiger partial charge on any atom is 0.263 e. The van der Waals surface area contributed by atoms with Gasteiger partial charge in [-0.2, -0.15) is 0 Å². The van der Waals surface area contributed by atoms with Crippen LogP contribution >= 0.6 is 22.9 Å². The molecule has 3 rings (SSSR count). The first kappa shape index (κ1) is 18.6. The van der Waals surface area contributed by atoms with Crippen molar-refractivity contribution >= 4 is 38.1 Å². The minimum absolute atomic E-state index is 0.140. The fraction of sp³-hybridized carbons (Fsp3) is 0.176. The van der Waals surface area contributed by atoms with Gasteiger partial charge in [0.05, 0.1) is 23.4 Å². The van der Waals surface area contributed by atoms with Crippen LogP contribution in [0.2, 0.25) is 5.02 Å². The van der Waals surface area contributed by atoms with E-state index in [0.717, 1.165) is 5.69 Å². The van der Waals surface area contributed by atoms with Gasteiger partial charge >= 0.3 is 0 Å². The van der Waals surface area contributed by atoms with Crippen molar-refractivity contribution in [1.29, 1.82) is 0 Å². The summed E-state index contributed by atoms with van der Waals surface area (Å²) in [5, 5.41) is 2.51. The number of ether oxygens (including phenoxy) is 1. The molecule has 0 bridgehead atoms. The minimum atomic E-state index is -3.74. The van der Waals surface area contributed by atoms with E-state index in [0.29, 0.717) is 34.5 Å². The molecular weight excluding hydrogens is 394 g/mol. The normalized spacial score (nSPS) is 11.3. The van der Waals surface area contributed by atoms with Gasteiger partial charge in [-0.25, -0.2) is 13.4 Å². The average Bonchev–Trinajstić information content (AvgIpc) is 3.04. The number of aromatic nitrogens is 2. The van der Waals surface area contributed by atoms with Crippen LogP contribution in [0.5, 0.6) is 5.75 Å². The topological polar surface area (TPSA) is 81.2 Å². The Morgan fingerprint density at radius 2 is 2.12 bits per heavy atom. The Kier molecular flexibility index (Phi) is 5.75. The van der Waals surface area contributed by atoms with E-state index in [2.05, 4.69) is 14.7 Å². The standard InChI is InChI=1S/C17H16ClN3O3S2/c1-12-15(18)5-2-6-16(12)26(22,23)21-17-20-13(11-25-17)7-9-24-14-4-3-8-19-10-14/h2-6,8,10-11H,7,9H2,1H3,(H,20,21). The first-order chi connectivity index (χ1) is 12.5. The maximum atomic E-state index is 12.5. The van der Waals surface area contributed by atoms with E-state index < -0.39 is 10.0 Å². The Balaban J connectivity index is 1.63. The predicted octanol–water partition coefficient (Wildman–Crippen LogP) is 3.92. The SMILES string of the molecule is Cc1c(Cl)cccc1S(=O)(=O)Nc1nc(CCOc2cccnc2)cs1. The third kappa shape index (κ3) is 4.51. The van der Waals surface area contributed by atoms with Gasteiger partial charge in [0.2, 0.25) is 0 Å². The van der Waals surface area contributed by atoms with Crippen molar-refractivity contribution in [2.75, 3.05) is 11.3 Å². The molecule has 3 aromatic rings. The van der Waals surface area contributed by atoms with E-state index in [9.17, 15) is 8.42 Å². The molecule has 136 valence electrons. The summed E-state index contributed by atoms with van der Waals surface area (Å²) >= 11 is 7.24. The molecule has 0 spiro atoms. The third-order valence-corrected chi connectivity index (χ3v) is 6.37. The molecular formula is C17H16ClN3O3S2. The number of thiazole rings is 1. The molecule has 2 heterocycles. The number of hydrogen-bond donors (Lipinski definition) is 1. The molecule has 0 fully saturated rings. The van der Waals surface area contributed by atoms with Gasteiger partial charge in [-0.15, -0.1) is 11.3 Å². The zero-order chi connectivity index (χ0) is 18.6. The lowest BCUT2D eigenvalue weighted by Gasteiger charge is -2.09. The van der Waals surface area contributed by atoms with Crippen molar-refractivity contribution in [3.63, 3.8) is 0 Å². The summed E-state index contributed by atoms with van der Waals surface area (Å²) in [7, 11) is -3.74. The van der Waals surface area contributed by atoms with Crippen LogP contribution in [0.25, 0.3) is 0 Å². The molecule has 0 unspecified atom stereocenters. The van der Waals surface area contributed by atoms with Crippen molar-refractivity contribution in [2.24, 2.45) is 0 Å². The smallest absolute Gasteiger partial charge is 0.263 e. The summed E-state index contributed by atoms with van der Waals surface area (Å²) in [5.74, 6) is 0.681. The first-order valence-electron chi connectivity index (χ1n) is 7.71. The van der Waals surface area contributed by atoms with Crippen LogP contribution in [-0.4, -0.2) is 25.0 Å². The molecule has 0 aliphatic rings. The van der Waals surface area contributed by atoms with Gasteiger partial charge < -0.3 is 4.74 Å². The molecule has 9 heteroatoms.